The minimum atomic E-state index is -0.958. The SMILES string of the molecule is C#CCC(C)NC(=O)NCCc1cccc(C(=O)O)c1. The number of nitrogens with one attached hydrogen (secondary N) is 2. The third-order valence-corrected chi connectivity index (χ3v) is 2.67. The van der Waals surface area contributed by atoms with Crippen molar-refractivity contribution in [1.29, 1.82) is 0 Å². The van der Waals surface area contributed by atoms with Crippen molar-refractivity contribution in [1.82, 2.24) is 10.6 Å². The maximum absolute atomic E-state index is 11.5. The maximum atomic E-state index is 11.5. The Labute approximate surface area is 118 Å². The van der Waals surface area contributed by atoms with E-state index in [1.165, 1.54) is 6.07 Å². The summed E-state index contributed by atoms with van der Waals surface area (Å²) in [5, 5.41) is 14.3. The molecule has 1 aromatic carbocycles. The number of carbonyl (C=O) groups excluding carboxylic acids is 1. The molecule has 0 saturated heterocycles. The highest BCUT2D eigenvalue weighted by Gasteiger charge is 2.06. The van der Waals surface area contributed by atoms with E-state index in [0.717, 1.165) is 5.56 Å². The molecule has 0 spiro atoms. The molecular formula is C15H18N2O3. The molecule has 1 atom stereocenters. The van der Waals surface area contributed by atoms with E-state index in [4.69, 9.17) is 11.5 Å². The zero-order valence-electron chi connectivity index (χ0n) is 11.3. The normalized spacial score (nSPS) is 11.2. The Kier molecular flexibility index (Phi) is 6.11. The highest BCUT2D eigenvalue weighted by Crippen LogP contribution is 2.05. The van der Waals surface area contributed by atoms with Crippen molar-refractivity contribution in [3.05, 3.63) is 35.4 Å². The van der Waals surface area contributed by atoms with Crippen LogP contribution < -0.4 is 10.6 Å². The summed E-state index contributed by atoms with van der Waals surface area (Å²) in [5.74, 6) is 1.52. The van der Waals surface area contributed by atoms with Gasteiger partial charge in [0.15, 0.2) is 0 Å². The second kappa shape index (κ2) is 7.85. The van der Waals surface area contributed by atoms with Gasteiger partial charge in [-0.2, -0.15) is 0 Å². The molecule has 0 bridgehead atoms. The summed E-state index contributed by atoms with van der Waals surface area (Å²) < 4.78 is 0. The van der Waals surface area contributed by atoms with E-state index in [9.17, 15) is 9.59 Å². The van der Waals surface area contributed by atoms with Gasteiger partial charge in [0, 0.05) is 19.0 Å². The molecule has 5 heteroatoms. The fourth-order valence-corrected chi connectivity index (χ4v) is 1.68. The Balaban J connectivity index is 2.37. The first-order valence-corrected chi connectivity index (χ1v) is 6.33. The number of benzene rings is 1. The molecule has 0 saturated carbocycles. The average molecular weight is 274 g/mol. The Morgan fingerprint density at radius 3 is 2.85 bits per heavy atom. The number of aromatic carboxylic acids is 1. The number of carboxylic acids is 1. The van der Waals surface area contributed by atoms with Crippen LogP contribution in [0.25, 0.3) is 0 Å². The average Bonchev–Trinajstić information content (AvgIpc) is 2.39. The number of amides is 2. The Hall–Kier alpha value is -2.48. The predicted octanol–water partition coefficient (Wildman–Crippen LogP) is 1.64. The second-order valence-electron chi connectivity index (χ2n) is 4.47. The van der Waals surface area contributed by atoms with Crippen molar-refractivity contribution in [3.63, 3.8) is 0 Å². The fourth-order valence-electron chi connectivity index (χ4n) is 1.68. The number of urea groups is 1. The molecule has 5 nitrogen and oxygen atoms in total. The lowest BCUT2D eigenvalue weighted by atomic mass is 10.1. The summed E-state index contributed by atoms with van der Waals surface area (Å²) in [6, 6.07) is 6.30. The minimum absolute atomic E-state index is 0.0738. The van der Waals surface area contributed by atoms with E-state index >= 15 is 0 Å². The third-order valence-electron chi connectivity index (χ3n) is 2.67. The number of carbonyl (C=O) groups is 2. The van der Waals surface area contributed by atoms with Crippen LogP contribution in [0.2, 0.25) is 0 Å². The van der Waals surface area contributed by atoms with Crippen LogP contribution in [0, 0.1) is 12.3 Å². The van der Waals surface area contributed by atoms with Crippen molar-refractivity contribution in [2.24, 2.45) is 0 Å². The van der Waals surface area contributed by atoms with Gasteiger partial charge in [-0.25, -0.2) is 9.59 Å². The summed E-state index contributed by atoms with van der Waals surface area (Å²) in [4.78, 5) is 22.3. The first-order valence-electron chi connectivity index (χ1n) is 6.33. The molecule has 0 fully saturated rings. The van der Waals surface area contributed by atoms with E-state index in [0.29, 0.717) is 19.4 Å². The van der Waals surface area contributed by atoms with E-state index in [-0.39, 0.29) is 17.6 Å². The Morgan fingerprint density at radius 1 is 1.45 bits per heavy atom. The molecule has 0 aromatic heterocycles. The zero-order valence-corrected chi connectivity index (χ0v) is 11.3. The summed E-state index contributed by atoms with van der Waals surface area (Å²) in [7, 11) is 0. The van der Waals surface area contributed by atoms with E-state index in [2.05, 4.69) is 16.6 Å². The Morgan fingerprint density at radius 2 is 2.20 bits per heavy atom. The molecule has 2 amide bonds. The van der Waals surface area contributed by atoms with Crippen LogP contribution >= 0.6 is 0 Å². The standard InChI is InChI=1S/C15H18N2O3/c1-3-5-11(2)17-15(20)16-9-8-12-6-4-7-13(10-12)14(18)19/h1,4,6-7,10-11H,5,8-9H2,2H3,(H,18,19)(H2,16,17,20). The monoisotopic (exact) mass is 274 g/mol. The number of carboxylic acid groups (broad SMARTS) is 1. The number of terminal acetylenes is 1. The van der Waals surface area contributed by atoms with Gasteiger partial charge in [0.25, 0.3) is 0 Å². The maximum Gasteiger partial charge on any atom is 0.335 e. The van der Waals surface area contributed by atoms with E-state index in [1.54, 1.807) is 12.1 Å². The van der Waals surface area contributed by atoms with Gasteiger partial charge in [-0.15, -0.1) is 12.3 Å². The lowest BCUT2D eigenvalue weighted by Crippen LogP contribution is -2.41. The molecule has 0 heterocycles. The van der Waals surface area contributed by atoms with Crippen LogP contribution in [0.15, 0.2) is 24.3 Å². The van der Waals surface area contributed by atoms with Gasteiger partial charge in [-0.1, -0.05) is 12.1 Å². The summed E-state index contributed by atoms with van der Waals surface area (Å²) in [5.41, 5.74) is 1.11. The molecule has 20 heavy (non-hydrogen) atoms. The van der Waals surface area contributed by atoms with Crippen LogP contribution in [-0.2, 0) is 6.42 Å². The van der Waals surface area contributed by atoms with Crippen LogP contribution in [0.5, 0.6) is 0 Å². The highest BCUT2D eigenvalue weighted by molar-refractivity contribution is 5.87. The van der Waals surface area contributed by atoms with Gasteiger partial charge < -0.3 is 15.7 Å². The third kappa shape index (κ3) is 5.44. The topological polar surface area (TPSA) is 78.4 Å². The molecule has 3 N–H and O–H groups in total. The molecule has 1 aromatic rings. The summed E-state index contributed by atoms with van der Waals surface area (Å²) in [6.45, 7) is 2.26. The van der Waals surface area contributed by atoms with Crippen molar-refractivity contribution in [3.8, 4) is 12.3 Å². The van der Waals surface area contributed by atoms with Gasteiger partial charge in [0.05, 0.1) is 5.56 Å². The van der Waals surface area contributed by atoms with Gasteiger partial charge >= 0.3 is 12.0 Å². The van der Waals surface area contributed by atoms with Crippen molar-refractivity contribution in [2.75, 3.05) is 6.54 Å². The highest BCUT2D eigenvalue weighted by atomic mass is 16.4. The van der Waals surface area contributed by atoms with E-state index in [1.807, 2.05) is 13.0 Å². The van der Waals surface area contributed by atoms with Crippen molar-refractivity contribution < 1.29 is 14.7 Å². The van der Waals surface area contributed by atoms with Crippen molar-refractivity contribution >= 4 is 12.0 Å². The molecule has 1 rings (SSSR count). The number of hydrogen-bond acceptors (Lipinski definition) is 2. The number of hydrogen-bond donors (Lipinski definition) is 3. The van der Waals surface area contributed by atoms with Crippen molar-refractivity contribution in [2.45, 2.75) is 25.8 Å². The first-order chi connectivity index (χ1) is 9.52. The molecule has 0 aliphatic rings. The minimum Gasteiger partial charge on any atom is -0.478 e. The van der Waals surface area contributed by atoms with Crippen LogP contribution in [0.4, 0.5) is 4.79 Å². The summed E-state index contributed by atoms with van der Waals surface area (Å²) in [6.07, 6.45) is 6.20. The van der Waals surface area contributed by atoms with E-state index < -0.39 is 5.97 Å². The predicted molar refractivity (Wildman–Crippen MR) is 76.6 cm³/mol. The van der Waals surface area contributed by atoms with Gasteiger partial charge in [-0.05, 0) is 31.0 Å². The van der Waals surface area contributed by atoms with Gasteiger partial charge in [0.1, 0.15) is 0 Å². The Bertz CT molecular complexity index is 520. The first kappa shape index (κ1) is 15.6. The van der Waals surface area contributed by atoms with Crippen LogP contribution in [0.1, 0.15) is 29.3 Å². The number of rotatable bonds is 6. The lowest BCUT2D eigenvalue weighted by molar-refractivity contribution is 0.0696. The zero-order chi connectivity index (χ0) is 15.0. The van der Waals surface area contributed by atoms with Crippen LogP contribution in [0.3, 0.4) is 0 Å². The molecular weight excluding hydrogens is 256 g/mol. The quantitative estimate of drug-likeness (QED) is 0.690. The van der Waals surface area contributed by atoms with Gasteiger partial charge in [-0.3, -0.25) is 0 Å². The molecule has 106 valence electrons. The lowest BCUT2D eigenvalue weighted by Gasteiger charge is -2.12. The molecule has 0 aliphatic heterocycles. The molecule has 1 unspecified atom stereocenters. The van der Waals surface area contributed by atoms with Crippen LogP contribution in [-0.4, -0.2) is 29.7 Å². The molecule has 0 aliphatic carbocycles. The van der Waals surface area contributed by atoms with Gasteiger partial charge in [0.2, 0.25) is 0 Å². The smallest absolute Gasteiger partial charge is 0.335 e. The second-order valence-corrected chi connectivity index (χ2v) is 4.47. The molecule has 0 radical (unpaired) electrons. The fraction of sp³-hybridized carbons (Fsp3) is 0.333. The summed E-state index contributed by atoms with van der Waals surface area (Å²) >= 11 is 0. The largest absolute Gasteiger partial charge is 0.478 e.